The summed E-state index contributed by atoms with van der Waals surface area (Å²) < 4.78 is 0. The number of primary amides is 1. The van der Waals surface area contributed by atoms with Gasteiger partial charge in [0.05, 0.1) is 0 Å². The first-order chi connectivity index (χ1) is 5.66. The van der Waals surface area contributed by atoms with Gasteiger partial charge in [-0.2, -0.15) is 0 Å². The van der Waals surface area contributed by atoms with Gasteiger partial charge in [0.2, 0.25) is 0 Å². The third-order valence-corrected chi connectivity index (χ3v) is 3.63. The number of alkyl halides is 1. The van der Waals surface area contributed by atoms with E-state index in [0.29, 0.717) is 23.3 Å². The number of nitrogens with two attached hydrogens (primary N) is 1. The van der Waals surface area contributed by atoms with Gasteiger partial charge in [0, 0.05) is 11.4 Å². The van der Waals surface area contributed by atoms with Crippen molar-refractivity contribution in [1.29, 1.82) is 0 Å². The van der Waals surface area contributed by atoms with Crippen molar-refractivity contribution >= 4 is 17.6 Å². The van der Waals surface area contributed by atoms with Crippen molar-refractivity contribution in [3.63, 3.8) is 0 Å². The number of urea groups is 1. The Morgan fingerprint density at radius 1 is 1.33 bits per heavy atom. The normalized spacial score (nSPS) is 44.8. The lowest BCUT2D eigenvalue weighted by Gasteiger charge is -2.24. The quantitative estimate of drug-likeness (QED) is 0.594. The predicted octanol–water partition coefficient (Wildman–Crippen LogP) is 1.06. The van der Waals surface area contributed by atoms with Crippen molar-refractivity contribution < 1.29 is 4.79 Å². The molecule has 12 heavy (non-hydrogen) atoms. The van der Waals surface area contributed by atoms with Gasteiger partial charge in [-0.3, -0.25) is 0 Å². The summed E-state index contributed by atoms with van der Waals surface area (Å²) in [5.41, 5.74) is 5.06. The number of nitrogens with one attached hydrogen (secondary N) is 1. The largest absolute Gasteiger partial charge is 0.352 e. The van der Waals surface area contributed by atoms with Crippen LogP contribution in [0.25, 0.3) is 0 Å². The number of hydrogen-bond acceptors (Lipinski definition) is 1. The predicted molar refractivity (Wildman–Crippen MR) is 47.0 cm³/mol. The highest BCUT2D eigenvalue weighted by molar-refractivity contribution is 6.21. The summed E-state index contributed by atoms with van der Waals surface area (Å²) >= 11 is 6.07. The Bertz CT molecular complexity index is 207. The van der Waals surface area contributed by atoms with Gasteiger partial charge in [0.1, 0.15) is 0 Å². The summed E-state index contributed by atoms with van der Waals surface area (Å²) in [6, 6.07) is -0.110. The summed E-state index contributed by atoms with van der Waals surface area (Å²) in [6.45, 7) is 0. The lowest BCUT2D eigenvalue weighted by atomic mass is 9.95. The molecule has 2 bridgehead atoms. The average Bonchev–Trinajstić information content (AvgIpc) is 2.44. The summed E-state index contributed by atoms with van der Waals surface area (Å²) in [5, 5.41) is 3.11. The molecule has 3 N–H and O–H groups in total. The zero-order valence-corrected chi connectivity index (χ0v) is 7.55. The van der Waals surface area contributed by atoms with Crippen LogP contribution in [0.4, 0.5) is 4.79 Å². The van der Waals surface area contributed by atoms with Gasteiger partial charge >= 0.3 is 6.03 Å². The molecule has 0 spiro atoms. The highest BCUT2D eigenvalue weighted by Gasteiger charge is 2.45. The maximum absolute atomic E-state index is 10.6. The van der Waals surface area contributed by atoms with Crippen LogP contribution in [0.1, 0.15) is 19.3 Å². The van der Waals surface area contributed by atoms with E-state index in [1.807, 2.05) is 0 Å². The van der Waals surface area contributed by atoms with Crippen LogP contribution in [0.2, 0.25) is 0 Å². The van der Waals surface area contributed by atoms with E-state index in [-0.39, 0.29) is 0 Å². The Morgan fingerprint density at radius 3 is 2.50 bits per heavy atom. The number of halogens is 1. The number of carbonyl (C=O) groups excluding carboxylic acids is 1. The molecule has 2 fully saturated rings. The van der Waals surface area contributed by atoms with Crippen molar-refractivity contribution in [3.05, 3.63) is 0 Å². The molecule has 4 heteroatoms. The van der Waals surface area contributed by atoms with Crippen molar-refractivity contribution in [1.82, 2.24) is 5.32 Å². The summed E-state index contributed by atoms with van der Waals surface area (Å²) in [5.74, 6) is 1.18. The number of amides is 2. The fourth-order valence-corrected chi connectivity index (χ4v) is 3.00. The topological polar surface area (TPSA) is 55.1 Å². The van der Waals surface area contributed by atoms with Crippen molar-refractivity contribution in [3.8, 4) is 0 Å². The zero-order chi connectivity index (χ0) is 8.72. The molecule has 68 valence electrons. The summed E-state index contributed by atoms with van der Waals surface area (Å²) in [6.07, 6.45) is 3.22. The summed E-state index contributed by atoms with van der Waals surface area (Å²) in [4.78, 5) is 10.6. The smallest absolute Gasteiger partial charge is 0.312 e. The molecule has 0 radical (unpaired) electrons. The van der Waals surface area contributed by atoms with Crippen LogP contribution in [-0.2, 0) is 0 Å². The van der Waals surface area contributed by atoms with E-state index in [1.165, 1.54) is 6.42 Å². The Balaban J connectivity index is 1.94. The van der Waals surface area contributed by atoms with E-state index in [0.717, 1.165) is 12.8 Å². The third-order valence-electron chi connectivity index (χ3n) is 3.10. The second-order valence-corrected chi connectivity index (χ2v) is 4.42. The van der Waals surface area contributed by atoms with Gasteiger partial charge in [-0.15, -0.1) is 11.6 Å². The standard InChI is InChI=1S/C8H13ClN2O/c9-6-2-5-1-4(6)3-7(5)11-8(10)12/h4-7H,1-3H2,(H3,10,11,12). The first-order valence-electron chi connectivity index (χ1n) is 4.37. The first-order valence-corrected chi connectivity index (χ1v) is 4.80. The Morgan fingerprint density at radius 2 is 2.08 bits per heavy atom. The molecule has 0 aromatic heterocycles. The minimum atomic E-state index is -0.404. The molecule has 2 rings (SSSR count). The first kappa shape index (κ1) is 8.17. The fourth-order valence-electron chi connectivity index (χ4n) is 2.56. The van der Waals surface area contributed by atoms with Crippen LogP contribution in [0, 0.1) is 11.8 Å². The minimum absolute atomic E-state index is 0.294. The lowest BCUT2D eigenvalue weighted by molar-refractivity contribution is 0.239. The average molecular weight is 189 g/mol. The Kier molecular flexibility index (Phi) is 1.91. The molecule has 4 atom stereocenters. The Labute approximate surface area is 76.6 Å². The second-order valence-electron chi connectivity index (χ2n) is 3.86. The molecule has 2 amide bonds. The van der Waals surface area contributed by atoms with E-state index in [4.69, 9.17) is 17.3 Å². The number of rotatable bonds is 1. The van der Waals surface area contributed by atoms with Gasteiger partial charge in [0.25, 0.3) is 0 Å². The van der Waals surface area contributed by atoms with E-state index in [2.05, 4.69) is 5.32 Å². The lowest BCUT2D eigenvalue weighted by Crippen LogP contribution is -2.42. The fraction of sp³-hybridized carbons (Fsp3) is 0.875. The van der Waals surface area contributed by atoms with Crippen LogP contribution in [0.3, 0.4) is 0 Å². The van der Waals surface area contributed by atoms with Gasteiger partial charge in [-0.25, -0.2) is 4.79 Å². The number of hydrogen-bond donors (Lipinski definition) is 2. The molecule has 0 saturated heterocycles. The maximum Gasteiger partial charge on any atom is 0.312 e. The molecule has 3 nitrogen and oxygen atoms in total. The minimum Gasteiger partial charge on any atom is -0.352 e. The van der Waals surface area contributed by atoms with Crippen LogP contribution in [-0.4, -0.2) is 17.5 Å². The zero-order valence-electron chi connectivity index (χ0n) is 6.79. The van der Waals surface area contributed by atoms with Crippen LogP contribution < -0.4 is 11.1 Å². The van der Waals surface area contributed by atoms with E-state index < -0.39 is 6.03 Å². The second kappa shape index (κ2) is 2.80. The molecular formula is C8H13ClN2O. The van der Waals surface area contributed by atoms with Gasteiger partial charge < -0.3 is 11.1 Å². The molecule has 2 aliphatic carbocycles. The Hall–Kier alpha value is -0.440. The SMILES string of the molecule is NC(=O)NC1CC2CC1CC2Cl. The molecule has 0 heterocycles. The third kappa shape index (κ3) is 1.26. The maximum atomic E-state index is 10.6. The highest BCUT2D eigenvalue weighted by Crippen LogP contribution is 2.47. The molecule has 4 unspecified atom stereocenters. The van der Waals surface area contributed by atoms with E-state index in [1.54, 1.807) is 0 Å². The summed E-state index contributed by atoms with van der Waals surface area (Å²) in [7, 11) is 0. The van der Waals surface area contributed by atoms with Gasteiger partial charge in [-0.05, 0) is 31.1 Å². The molecule has 2 saturated carbocycles. The van der Waals surface area contributed by atoms with Crippen molar-refractivity contribution in [2.75, 3.05) is 0 Å². The molecular weight excluding hydrogens is 176 g/mol. The molecule has 2 aliphatic rings. The van der Waals surface area contributed by atoms with Crippen LogP contribution in [0.15, 0.2) is 0 Å². The highest BCUT2D eigenvalue weighted by atomic mass is 35.5. The molecule has 0 aromatic carbocycles. The monoisotopic (exact) mass is 188 g/mol. The van der Waals surface area contributed by atoms with Gasteiger partial charge in [-0.1, -0.05) is 0 Å². The molecule has 0 aromatic rings. The van der Waals surface area contributed by atoms with Gasteiger partial charge in [0.15, 0.2) is 0 Å². The van der Waals surface area contributed by atoms with Crippen molar-refractivity contribution in [2.24, 2.45) is 17.6 Å². The van der Waals surface area contributed by atoms with Crippen LogP contribution >= 0.6 is 11.6 Å². The number of carbonyl (C=O) groups is 1. The van der Waals surface area contributed by atoms with E-state index >= 15 is 0 Å². The van der Waals surface area contributed by atoms with Crippen LogP contribution in [0.5, 0.6) is 0 Å². The van der Waals surface area contributed by atoms with E-state index in [9.17, 15) is 4.79 Å². The number of fused-ring (bicyclic) bond motifs is 2. The van der Waals surface area contributed by atoms with Crippen molar-refractivity contribution in [2.45, 2.75) is 30.7 Å². The molecule has 0 aliphatic heterocycles.